The highest BCUT2D eigenvalue weighted by molar-refractivity contribution is 5.25. The van der Waals surface area contributed by atoms with Crippen molar-refractivity contribution in [1.29, 1.82) is 0 Å². The molecule has 0 N–H and O–H groups in total. The summed E-state index contributed by atoms with van der Waals surface area (Å²) in [5.74, 6) is 1.36. The zero-order valence-corrected chi connectivity index (χ0v) is 16.6. The van der Waals surface area contributed by atoms with Crippen LogP contribution in [0.1, 0.15) is 48.6 Å². The third-order valence-corrected chi connectivity index (χ3v) is 6.17. The van der Waals surface area contributed by atoms with E-state index in [4.69, 9.17) is 4.74 Å². The van der Waals surface area contributed by atoms with Gasteiger partial charge in [0.2, 0.25) is 0 Å². The van der Waals surface area contributed by atoms with E-state index in [0.29, 0.717) is 31.6 Å². The van der Waals surface area contributed by atoms with Crippen LogP contribution in [0.3, 0.4) is 0 Å². The highest BCUT2D eigenvalue weighted by Crippen LogP contribution is 2.35. The van der Waals surface area contributed by atoms with Gasteiger partial charge < -0.3 is 4.74 Å². The van der Waals surface area contributed by atoms with E-state index in [1.807, 2.05) is 7.05 Å². The molecule has 4 rings (SSSR count). The van der Waals surface area contributed by atoms with Gasteiger partial charge >= 0.3 is 6.18 Å². The van der Waals surface area contributed by atoms with Crippen molar-refractivity contribution in [2.75, 3.05) is 19.8 Å². The van der Waals surface area contributed by atoms with E-state index in [-0.39, 0.29) is 6.04 Å². The summed E-state index contributed by atoms with van der Waals surface area (Å²) in [7, 11) is 1.89. The van der Waals surface area contributed by atoms with Crippen molar-refractivity contribution in [2.24, 2.45) is 7.05 Å². The predicted molar refractivity (Wildman–Crippen MR) is 102 cm³/mol. The van der Waals surface area contributed by atoms with Crippen molar-refractivity contribution >= 4 is 0 Å². The third kappa shape index (κ3) is 4.80. The molecule has 1 aliphatic carbocycles. The Labute approximate surface area is 168 Å². The van der Waals surface area contributed by atoms with Gasteiger partial charge in [-0.2, -0.15) is 18.3 Å². The van der Waals surface area contributed by atoms with Gasteiger partial charge in [0.25, 0.3) is 0 Å². The second-order valence-electron chi connectivity index (χ2n) is 8.15. The van der Waals surface area contributed by atoms with Crippen LogP contribution in [0.15, 0.2) is 30.6 Å². The normalized spacial score (nSPS) is 26.6. The van der Waals surface area contributed by atoms with Crippen molar-refractivity contribution < 1.29 is 17.9 Å². The first-order valence-electron chi connectivity index (χ1n) is 10.3. The molecule has 5 nitrogen and oxygen atoms in total. The topological polar surface area (TPSA) is 43.2 Å². The van der Waals surface area contributed by atoms with Crippen LogP contribution in [-0.2, 0) is 24.4 Å². The zero-order chi connectivity index (χ0) is 20.4. The molecule has 1 saturated heterocycles. The Kier molecular flexibility index (Phi) is 5.92. The lowest BCUT2D eigenvalue weighted by Gasteiger charge is -2.43. The monoisotopic (exact) mass is 408 g/mol. The number of rotatable bonds is 4. The maximum absolute atomic E-state index is 12.8. The van der Waals surface area contributed by atoms with Gasteiger partial charge in [0.05, 0.1) is 18.8 Å². The molecule has 1 aromatic heterocycles. The summed E-state index contributed by atoms with van der Waals surface area (Å²) in [5.41, 5.74) is 0.323. The fraction of sp³-hybridized carbons (Fsp3) is 0.619. The summed E-state index contributed by atoms with van der Waals surface area (Å²) >= 11 is 0. The van der Waals surface area contributed by atoms with Crippen molar-refractivity contribution in [2.45, 2.75) is 56.3 Å². The molecule has 1 saturated carbocycles. The number of aromatic nitrogens is 3. The first-order chi connectivity index (χ1) is 13.9. The van der Waals surface area contributed by atoms with Crippen LogP contribution in [0, 0.1) is 0 Å². The van der Waals surface area contributed by atoms with Crippen LogP contribution in [0.2, 0.25) is 0 Å². The Balaban J connectivity index is 1.38. The standard InChI is InChI=1S/C21H27F3N4O/c1-27-14-25-20(26-27)16-4-8-18(9-5-16)28-10-11-29-13-19(28)12-15-2-6-17(7-3-15)21(22,23)24/h2-3,6-7,14,16,18-19H,4-5,8-13H2,1H3/t16?,18?,19-/m0/s1. The molecule has 2 fully saturated rings. The molecule has 0 unspecified atom stereocenters. The molecule has 0 bridgehead atoms. The molecule has 2 heterocycles. The van der Waals surface area contributed by atoms with Gasteiger partial charge in [-0.3, -0.25) is 9.58 Å². The van der Waals surface area contributed by atoms with E-state index in [2.05, 4.69) is 15.0 Å². The van der Waals surface area contributed by atoms with Gasteiger partial charge in [-0.05, 0) is 49.8 Å². The van der Waals surface area contributed by atoms with Crippen LogP contribution >= 0.6 is 0 Å². The lowest BCUT2D eigenvalue weighted by atomic mass is 9.84. The van der Waals surface area contributed by atoms with E-state index in [1.165, 1.54) is 12.1 Å². The lowest BCUT2D eigenvalue weighted by molar-refractivity contribution is -0.137. The Morgan fingerprint density at radius 2 is 1.83 bits per heavy atom. The predicted octanol–water partition coefficient (Wildman–Crippen LogP) is 3.80. The number of hydrogen-bond donors (Lipinski definition) is 0. The minimum Gasteiger partial charge on any atom is -0.378 e. The molecule has 0 radical (unpaired) electrons. The number of hydrogen-bond acceptors (Lipinski definition) is 4. The van der Waals surface area contributed by atoms with Crippen LogP contribution in [-0.4, -0.2) is 51.5 Å². The van der Waals surface area contributed by atoms with E-state index in [9.17, 15) is 13.2 Å². The highest BCUT2D eigenvalue weighted by atomic mass is 19.4. The average Bonchev–Trinajstić information content (AvgIpc) is 3.15. The fourth-order valence-corrected chi connectivity index (χ4v) is 4.64. The smallest absolute Gasteiger partial charge is 0.378 e. The molecule has 1 aliphatic heterocycles. The summed E-state index contributed by atoms with van der Waals surface area (Å²) in [6.45, 7) is 2.22. The zero-order valence-electron chi connectivity index (χ0n) is 16.6. The average molecular weight is 408 g/mol. The Hall–Kier alpha value is -1.93. The van der Waals surface area contributed by atoms with E-state index < -0.39 is 11.7 Å². The Morgan fingerprint density at radius 3 is 2.45 bits per heavy atom. The third-order valence-electron chi connectivity index (χ3n) is 6.17. The second-order valence-corrected chi connectivity index (χ2v) is 8.15. The number of alkyl halides is 3. The minimum atomic E-state index is -4.29. The van der Waals surface area contributed by atoms with E-state index in [0.717, 1.165) is 43.6 Å². The number of aryl methyl sites for hydroxylation is 1. The molecular formula is C21H27F3N4O. The van der Waals surface area contributed by atoms with Crippen LogP contribution in [0.25, 0.3) is 0 Å². The first-order valence-corrected chi connectivity index (χ1v) is 10.3. The van der Waals surface area contributed by atoms with Gasteiger partial charge in [-0.1, -0.05) is 12.1 Å². The number of halogens is 3. The summed E-state index contributed by atoms with van der Waals surface area (Å²) in [6.07, 6.45) is 2.49. The maximum atomic E-state index is 12.8. The Bertz CT molecular complexity index is 797. The van der Waals surface area contributed by atoms with Crippen molar-refractivity contribution in [3.63, 3.8) is 0 Å². The van der Waals surface area contributed by atoms with Gasteiger partial charge in [-0.15, -0.1) is 0 Å². The molecule has 0 spiro atoms. The second kappa shape index (κ2) is 8.44. The molecule has 1 aromatic carbocycles. The number of benzene rings is 1. The molecule has 2 aromatic rings. The minimum absolute atomic E-state index is 0.204. The van der Waals surface area contributed by atoms with E-state index in [1.54, 1.807) is 23.1 Å². The molecular weight excluding hydrogens is 381 g/mol. The number of nitrogens with zero attached hydrogens (tertiary/aromatic N) is 4. The maximum Gasteiger partial charge on any atom is 0.416 e. The highest BCUT2D eigenvalue weighted by Gasteiger charge is 2.34. The van der Waals surface area contributed by atoms with Crippen molar-refractivity contribution in [1.82, 2.24) is 19.7 Å². The van der Waals surface area contributed by atoms with Gasteiger partial charge in [0.1, 0.15) is 6.33 Å². The fourth-order valence-electron chi connectivity index (χ4n) is 4.64. The number of morpholine rings is 1. The molecule has 8 heteroatoms. The van der Waals surface area contributed by atoms with Crippen molar-refractivity contribution in [3.05, 3.63) is 47.5 Å². The quantitative estimate of drug-likeness (QED) is 0.772. The molecule has 1 atom stereocenters. The SMILES string of the molecule is Cn1cnc(C2CCC(N3CCOC[C@@H]3Cc3ccc(C(F)(F)F)cc3)CC2)n1. The summed E-state index contributed by atoms with van der Waals surface area (Å²) < 4.78 is 45.9. The molecule has 29 heavy (non-hydrogen) atoms. The largest absolute Gasteiger partial charge is 0.416 e. The van der Waals surface area contributed by atoms with Crippen LogP contribution < -0.4 is 0 Å². The number of ether oxygens (including phenoxy) is 1. The lowest BCUT2D eigenvalue weighted by Crippen LogP contribution is -2.52. The van der Waals surface area contributed by atoms with Gasteiger partial charge in [-0.25, -0.2) is 4.98 Å². The van der Waals surface area contributed by atoms with E-state index >= 15 is 0 Å². The molecule has 0 amide bonds. The van der Waals surface area contributed by atoms with Gasteiger partial charge in [0, 0.05) is 31.6 Å². The summed E-state index contributed by atoms with van der Waals surface area (Å²) in [4.78, 5) is 6.93. The van der Waals surface area contributed by atoms with Gasteiger partial charge in [0.15, 0.2) is 5.82 Å². The summed E-state index contributed by atoms with van der Waals surface area (Å²) in [5, 5.41) is 4.46. The molecule has 158 valence electrons. The van der Waals surface area contributed by atoms with Crippen LogP contribution in [0.5, 0.6) is 0 Å². The van der Waals surface area contributed by atoms with Crippen molar-refractivity contribution in [3.8, 4) is 0 Å². The summed E-state index contributed by atoms with van der Waals surface area (Å²) in [6, 6.07) is 6.23. The first kappa shape index (κ1) is 20.3. The molecule has 2 aliphatic rings. The van der Waals surface area contributed by atoms with Crippen LogP contribution in [0.4, 0.5) is 13.2 Å². The Morgan fingerprint density at radius 1 is 1.10 bits per heavy atom.